The summed E-state index contributed by atoms with van der Waals surface area (Å²) in [5, 5.41) is 9.20. The van der Waals surface area contributed by atoms with Gasteiger partial charge in [0.25, 0.3) is 0 Å². The highest BCUT2D eigenvalue weighted by molar-refractivity contribution is 5.91. The Morgan fingerprint density at radius 2 is 1.61 bits per heavy atom. The molecule has 0 amide bonds. The average molecular weight is 314 g/mol. The highest BCUT2D eigenvalue weighted by atomic mass is 16.5. The van der Waals surface area contributed by atoms with Gasteiger partial charge in [-0.05, 0) is 68.4 Å². The minimum atomic E-state index is -1.03. The molecule has 0 heterocycles. The van der Waals surface area contributed by atoms with Gasteiger partial charge in [0.1, 0.15) is 17.9 Å². The van der Waals surface area contributed by atoms with Gasteiger partial charge >= 0.3 is 5.97 Å². The van der Waals surface area contributed by atoms with Crippen LogP contribution < -0.4 is 4.74 Å². The second-order valence-corrected chi connectivity index (χ2v) is 7.71. The van der Waals surface area contributed by atoms with Gasteiger partial charge in [-0.2, -0.15) is 0 Å². The van der Waals surface area contributed by atoms with Crippen LogP contribution in [0.25, 0.3) is 0 Å². The zero-order valence-corrected chi connectivity index (χ0v) is 13.2. The lowest BCUT2D eigenvalue weighted by Crippen LogP contribution is -2.51. The van der Waals surface area contributed by atoms with Gasteiger partial charge in [-0.1, -0.05) is 12.1 Å². The summed E-state index contributed by atoms with van der Waals surface area (Å²) < 4.78 is 5.62. The standard InChI is InChI=1S/C19H22O4/c20-17(11-23-16-4-2-1-3-15(16)18(21)22)19-8-12-5-13(9-19)7-14(6-12)10-19/h1-4,12-14H,5-11H2,(H,21,22). The number of Topliss-reactive ketones (excluding diaryl/α,β-unsaturated/α-hetero) is 1. The fraction of sp³-hybridized carbons (Fsp3) is 0.579. The first-order valence-electron chi connectivity index (χ1n) is 8.54. The van der Waals surface area contributed by atoms with Crippen molar-refractivity contribution in [2.45, 2.75) is 38.5 Å². The van der Waals surface area contributed by atoms with Crippen molar-refractivity contribution in [3.63, 3.8) is 0 Å². The number of carboxylic acid groups (broad SMARTS) is 1. The zero-order valence-electron chi connectivity index (χ0n) is 13.2. The molecule has 23 heavy (non-hydrogen) atoms. The van der Waals surface area contributed by atoms with Gasteiger partial charge in [0, 0.05) is 5.41 Å². The number of carboxylic acids is 1. The largest absolute Gasteiger partial charge is 0.485 e. The molecule has 0 radical (unpaired) electrons. The number of aromatic carboxylic acids is 1. The minimum Gasteiger partial charge on any atom is -0.485 e. The van der Waals surface area contributed by atoms with Crippen LogP contribution in [0.5, 0.6) is 5.75 Å². The van der Waals surface area contributed by atoms with Crippen LogP contribution in [-0.4, -0.2) is 23.5 Å². The molecule has 1 aromatic rings. The molecule has 4 fully saturated rings. The molecule has 122 valence electrons. The Morgan fingerprint density at radius 1 is 1.04 bits per heavy atom. The molecule has 1 N–H and O–H groups in total. The van der Waals surface area contributed by atoms with E-state index in [2.05, 4.69) is 0 Å². The lowest BCUT2D eigenvalue weighted by Gasteiger charge is -2.55. The number of hydrogen-bond donors (Lipinski definition) is 1. The Morgan fingerprint density at radius 3 is 2.17 bits per heavy atom. The van der Waals surface area contributed by atoms with Gasteiger partial charge in [-0.25, -0.2) is 4.79 Å². The monoisotopic (exact) mass is 314 g/mol. The Labute approximate surface area is 135 Å². The van der Waals surface area contributed by atoms with E-state index in [4.69, 9.17) is 4.74 Å². The van der Waals surface area contributed by atoms with Crippen LogP contribution in [0.4, 0.5) is 0 Å². The predicted octanol–water partition coefficient (Wildman–Crippen LogP) is 3.55. The number of hydrogen-bond acceptors (Lipinski definition) is 3. The summed E-state index contributed by atoms with van der Waals surface area (Å²) in [7, 11) is 0. The van der Waals surface area contributed by atoms with E-state index >= 15 is 0 Å². The van der Waals surface area contributed by atoms with E-state index in [-0.39, 0.29) is 29.1 Å². The van der Waals surface area contributed by atoms with E-state index in [1.807, 2.05) is 0 Å². The third-order valence-electron chi connectivity index (χ3n) is 6.11. The van der Waals surface area contributed by atoms with Crippen molar-refractivity contribution in [2.75, 3.05) is 6.61 Å². The third kappa shape index (κ3) is 2.54. The van der Waals surface area contributed by atoms with E-state index in [9.17, 15) is 14.7 Å². The Hall–Kier alpha value is -1.84. The van der Waals surface area contributed by atoms with Crippen LogP contribution in [0, 0.1) is 23.2 Å². The molecule has 4 heteroatoms. The van der Waals surface area contributed by atoms with Crippen LogP contribution in [-0.2, 0) is 4.79 Å². The van der Waals surface area contributed by atoms with Crippen molar-refractivity contribution in [2.24, 2.45) is 23.2 Å². The van der Waals surface area contributed by atoms with Crippen LogP contribution in [0.15, 0.2) is 24.3 Å². The average Bonchev–Trinajstić information content (AvgIpc) is 2.51. The first-order valence-corrected chi connectivity index (χ1v) is 8.54. The second kappa shape index (κ2) is 5.36. The fourth-order valence-electron chi connectivity index (χ4n) is 5.52. The highest BCUT2D eigenvalue weighted by Crippen LogP contribution is 2.60. The molecule has 0 atom stereocenters. The Bertz CT molecular complexity index is 613. The first kappa shape index (κ1) is 14.7. The molecule has 4 nitrogen and oxygen atoms in total. The summed E-state index contributed by atoms with van der Waals surface area (Å²) in [6.07, 6.45) is 6.95. The zero-order chi connectivity index (χ0) is 16.0. The molecule has 4 aliphatic carbocycles. The number of ether oxygens (including phenoxy) is 1. The summed E-state index contributed by atoms with van der Waals surface area (Å²) >= 11 is 0. The number of rotatable bonds is 5. The van der Waals surface area contributed by atoms with Crippen LogP contribution in [0.3, 0.4) is 0 Å². The van der Waals surface area contributed by atoms with E-state index < -0.39 is 5.97 Å². The molecule has 5 rings (SSSR count). The molecular formula is C19H22O4. The van der Waals surface area contributed by atoms with Gasteiger partial charge in [0.15, 0.2) is 5.78 Å². The topological polar surface area (TPSA) is 63.6 Å². The Kier molecular flexibility index (Phi) is 3.43. The molecule has 1 aromatic carbocycles. The molecule has 0 unspecified atom stereocenters. The Balaban J connectivity index is 1.48. The summed E-state index contributed by atoms with van der Waals surface area (Å²) in [5.41, 5.74) is -0.0711. The number of carbonyl (C=O) groups excluding carboxylic acids is 1. The van der Waals surface area contributed by atoms with Crippen molar-refractivity contribution in [3.8, 4) is 5.75 Å². The van der Waals surface area contributed by atoms with Crippen LogP contribution in [0.2, 0.25) is 0 Å². The normalized spacial score (nSPS) is 34.3. The fourth-order valence-corrected chi connectivity index (χ4v) is 5.52. The van der Waals surface area contributed by atoms with Crippen LogP contribution in [0.1, 0.15) is 48.9 Å². The van der Waals surface area contributed by atoms with Gasteiger partial charge in [-0.3, -0.25) is 4.79 Å². The lowest BCUT2D eigenvalue weighted by atomic mass is 9.48. The lowest BCUT2D eigenvalue weighted by molar-refractivity contribution is -0.146. The molecule has 0 saturated heterocycles. The van der Waals surface area contributed by atoms with Crippen molar-refractivity contribution < 1.29 is 19.4 Å². The van der Waals surface area contributed by atoms with Gasteiger partial charge in [0.2, 0.25) is 0 Å². The second-order valence-electron chi connectivity index (χ2n) is 7.71. The van der Waals surface area contributed by atoms with Crippen molar-refractivity contribution in [1.82, 2.24) is 0 Å². The maximum atomic E-state index is 12.9. The van der Waals surface area contributed by atoms with Crippen molar-refractivity contribution in [3.05, 3.63) is 29.8 Å². The van der Waals surface area contributed by atoms with Gasteiger partial charge in [0.05, 0.1) is 0 Å². The van der Waals surface area contributed by atoms with E-state index in [1.54, 1.807) is 18.2 Å². The molecular weight excluding hydrogens is 292 g/mol. The maximum Gasteiger partial charge on any atom is 0.339 e. The molecule has 4 aliphatic rings. The number of carbonyl (C=O) groups is 2. The number of para-hydroxylation sites is 1. The summed E-state index contributed by atoms with van der Waals surface area (Å²) in [4.78, 5) is 24.1. The molecule has 0 aromatic heterocycles. The SMILES string of the molecule is O=C(O)c1ccccc1OCC(=O)C12CC3CC(CC(C3)C1)C2. The van der Waals surface area contributed by atoms with E-state index in [1.165, 1.54) is 25.3 Å². The smallest absolute Gasteiger partial charge is 0.339 e. The molecule has 4 saturated carbocycles. The van der Waals surface area contributed by atoms with Gasteiger partial charge in [-0.15, -0.1) is 0 Å². The minimum absolute atomic E-state index is 0.00352. The summed E-state index contributed by atoms with van der Waals surface area (Å²) in [5.74, 6) is 1.60. The quantitative estimate of drug-likeness (QED) is 0.902. The molecule has 0 aliphatic heterocycles. The summed E-state index contributed by atoms with van der Waals surface area (Å²) in [6.45, 7) is -0.00352. The van der Waals surface area contributed by atoms with E-state index in [0.717, 1.165) is 37.0 Å². The molecule has 0 spiro atoms. The predicted molar refractivity (Wildman–Crippen MR) is 84.5 cm³/mol. The summed E-state index contributed by atoms with van der Waals surface area (Å²) in [6, 6.07) is 6.53. The van der Waals surface area contributed by atoms with Crippen molar-refractivity contribution in [1.29, 1.82) is 0 Å². The maximum absolute atomic E-state index is 12.9. The van der Waals surface area contributed by atoms with Crippen molar-refractivity contribution >= 4 is 11.8 Å². The molecule has 4 bridgehead atoms. The van der Waals surface area contributed by atoms with Crippen LogP contribution >= 0.6 is 0 Å². The highest BCUT2D eigenvalue weighted by Gasteiger charge is 2.54. The first-order chi connectivity index (χ1) is 11.1. The van der Waals surface area contributed by atoms with Gasteiger partial charge < -0.3 is 9.84 Å². The third-order valence-corrected chi connectivity index (χ3v) is 6.11. The number of benzene rings is 1. The number of ketones is 1. The van der Waals surface area contributed by atoms with E-state index in [0.29, 0.717) is 0 Å².